The Morgan fingerprint density at radius 3 is 2.29 bits per heavy atom. The van der Waals surface area contributed by atoms with Crippen molar-refractivity contribution in [1.82, 2.24) is 4.90 Å². The summed E-state index contributed by atoms with van der Waals surface area (Å²) >= 11 is 0. The summed E-state index contributed by atoms with van der Waals surface area (Å²) in [5.41, 5.74) is -2.65. The van der Waals surface area contributed by atoms with Gasteiger partial charge in [-0.05, 0) is 37.5 Å². The first-order valence-corrected chi connectivity index (χ1v) is 7.76. The number of carbonyl (C=O) groups is 1. The lowest BCUT2D eigenvalue weighted by Crippen LogP contribution is -2.59. The number of nitrogens with zero attached hydrogens (tertiary/aromatic N) is 1. The number of amides is 1. The predicted molar refractivity (Wildman–Crippen MR) is 72.5 cm³/mol. The van der Waals surface area contributed by atoms with Gasteiger partial charge in [0.15, 0.2) is 5.60 Å². The molecule has 1 N–H and O–H groups in total. The monoisotopic (exact) mass is 307 g/mol. The molecule has 3 nitrogen and oxygen atoms in total. The highest BCUT2D eigenvalue weighted by atomic mass is 19.4. The van der Waals surface area contributed by atoms with E-state index in [4.69, 9.17) is 0 Å². The summed E-state index contributed by atoms with van der Waals surface area (Å²) in [5.74, 6) is 0.345. The number of alkyl halides is 3. The zero-order valence-corrected chi connectivity index (χ0v) is 12.6. The fourth-order valence-corrected chi connectivity index (χ4v) is 3.44. The van der Waals surface area contributed by atoms with Crippen LogP contribution in [0.5, 0.6) is 0 Å². The molecule has 6 heteroatoms. The summed E-state index contributed by atoms with van der Waals surface area (Å²) in [5, 5.41) is 9.42. The summed E-state index contributed by atoms with van der Waals surface area (Å²) in [6, 6.07) is 0. The van der Waals surface area contributed by atoms with E-state index in [9.17, 15) is 23.1 Å². The maximum atomic E-state index is 12.6. The fourth-order valence-electron chi connectivity index (χ4n) is 3.44. The topological polar surface area (TPSA) is 40.5 Å². The van der Waals surface area contributed by atoms with Crippen molar-refractivity contribution in [3.05, 3.63) is 0 Å². The minimum Gasteiger partial charge on any atom is -0.380 e. The number of halogens is 3. The van der Waals surface area contributed by atoms with Crippen LogP contribution in [0.1, 0.15) is 46.0 Å². The number of hydrogen-bond donors (Lipinski definition) is 1. The predicted octanol–water partition coefficient (Wildman–Crippen LogP) is 2.97. The lowest BCUT2D eigenvalue weighted by molar-refractivity contribution is -0.296. The molecular weight excluding hydrogens is 283 g/mol. The molecule has 0 radical (unpaired) electrons. The third kappa shape index (κ3) is 3.20. The second-order valence-electron chi connectivity index (χ2n) is 6.68. The highest BCUT2D eigenvalue weighted by Gasteiger charge is 2.63. The van der Waals surface area contributed by atoms with Gasteiger partial charge in [-0.1, -0.05) is 20.3 Å². The van der Waals surface area contributed by atoms with Gasteiger partial charge < -0.3 is 10.0 Å². The van der Waals surface area contributed by atoms with Gasteiger partial charge in [-0.25, -0.2) is 0 Å². The van der Waals surface area contributed by atoms with Crippen LogP contribution in [-0.4, -0.2) is 40.8 Å². The van der Waals surface area contributed by atoms with Crippen LogP contribution in [0.4, 0.5) is 13.2 Å². The molecule has 0 aromatic carbocycles. The van der Waals surface area contributed by atoms with Crippen molar-refractivity contribution >= 4 is 5.91 Å². The van der Waals surface area contributed by atoms with Gasteiger partial charge >= 0.3 is 6.18 Å². The molecule has 2 fully saturated rings. The Balaban J connectivity index is 1.82. The number of aliphatic hydroxyl groups is 1. The lowest BCUT2D eigenvalue weighted by atomic mass is 9.69. The summed E-state index contributed by atoms with van der Waals surface area (Å²) in [7, 11) is 0. The molecule has 1 aliphatic carbocycles. The van der Waals surface area contributed by atoms with Crippen LogP contribution >= 0.6 is 0 Å². The molecule has 1 saturated heterocycles. The molecule has 2 rings (SSSR count). The van der Waals surface area contributed by atoms with Gasteiger partial charge in [-0.2, -0.15) is 13.2 Å². The zero-order valence-electron chi connectivity index (χ0n) is 12.6. The van der Waals surface area contributed by atoms with Gasteiger partial charge in [0.05, 0.1) is 0 Å². The van der Waals surface area contributed by atoms with Gasteiger partial charge in [0.1, 0.15) is 0 Å². The maximum Gasteiger partial charge on any atom is 0.417 e. The molecule has 2 aliphatic rings. The summed E-state index contributed by atoms with van der Waals surface area (Å²) in [6.07, 6.45) is -2.64. The van der Waals surface area contributed by atoms with Crippen molar-refractivity contribution in [2.45, 2.75) is 57.7 Å². The van der Waals surface area contributed by atoms with Crippen LogP contribution < -0.4 is 0 Å². The van der Waals surface area contributed by atoms with Crippen molar-refractivity contribution in [3.8, 4) is 0 Å². The third-order valence-electron chi connectivity index (χ3n) is 5.35. The van der Waals surface area contributed by atoms with Gasteiger partial charge in [0, 0.05) is 19.0 Å². The number of carbonyl (C=O) groups excluding carboxylic acids is 1. The van der Waals surface area contributed by atoms with Crippen molar-refractivity contribution in [2.75, 3.05) is 13.1 Å². The largest absolute Gasteiger partial charge is 0.417 e. The molecule has 21 heavy (non-hydrogen) atoms. The molecule has 0 bridgehead atoms. The van der Waals surface area contributed by atoms with E-state index in [1.165, 1.54) is 0 Å². The van der Waals surface area contributed by atoms with E-state index in [0.717, 1.165) is 19.3 Å². The van der Waals surface area contributed by atoms with Crippen LogP contribution in [0.3, 0.4) is 0 Å². The number of likely N-dealkylation sites (tertiary alicyclic amines) is 1. The van der Waals surface area contributed by atoms with E-state index in [2.05, 4.69) is 13.8 Å². The van der Waals surface area contributed by atoms with Crippen LogP contribution in [0.2, 0.25) is 0 Å². The molecule has 1 saturated carbocycles. The van der Waals surface area contributed by atoms with E-state index in [1.807, 2.05) is 0 Å². The van der Waals surface area contributed by atoms with E-state index in [0.29, 0.717) is 24.9 Å². The Bertz CT molecular complexity index is 383. The Labute approximate surface area is 123 Å². The summed E-state index contributed by atoms with van der Waals surface area (Å²) in [4.78, 5) is 13.9. The average molecular weight is 307 g/mol. The minimum atomic E-state index is -4.63. The Kier molecular flexibility index (Phi) is 4.57. The Morgan fingerprint density at radius 2 is 1.86 bits per heavy atom. The van der Waals surface area contributed by atoms with Crippen LogP contribution in [0.25, 0.3) is 0 Å². The first-order chi connectivity index (χ1) is 9.68. The third-order valence-corrected chi connectivity index (χ3v) is 5.35. The SMILES string of the molecule is CCC(C)C1CCN(C(=O)C2CC(O)(C(F)(F)F)C2)CC1. The van der Waals surface area contributed by atoms with E-state index >= 15 is 0 Å². The number of rotatable bonds is 3. The summed E-state index contributed by atoms with van der Waals surface area (Å²) < 4.78 is 37.7. The quantitative estimate of drug-likeness (QED) is 0.871. The molecule has 1 amide bonds. The second kappa shape index (κ2) is 5.78. The van der Waals surface area contributed by atoms with Gasteiger partial charge in [-0.15, -0.1) is 0 Å². The normalized spacial score (nSPS) is 32.7. The standard InChI is InChI=1S/C15H24F3NO2/c1-3-10(2)11-4-6-19(7-5-11)13(20)12-8-14(21,9-12)15(16,17)18/h10-12,21H,3-9H2,1-2H3. The minimum absolute atomic E-state index is 0.216. The maximum absolute atomic E-state index is 12.6. The molecule has 122 valence electrons. The van der Waals surface area contributed by atoms with Gasteiger partial charge in [-0.3, -0.25) is 4.79 Å². The first-order valence-electron chi connectivity index (χ1n) is 7.76. The van der Waals surface area contributed by atoms with Crippen molar-refractivity contribution in [2.24, 2.45) is 17.8 Å². The van der Waals surface area contributed by atoms with E-state index in [1.54, 1.807) is 4.90 Å². The molecule has 0 aromatic heterocycles. The van der Waals surface area contributed by atoms with E-state index in [-0.39, 0.29) is 5.91 Å². The van der Waals surface area contributed by atoms with Crippen molar-refractivity contribution in [1.29, 1.82) is 0 Å². The van der Waals surface area contributed by atoms with Crippen LogP contribution in [-0.2, 0) is 4.79 Å². The lowest BCUT2D eigenvalue weighted by Gasteiger charge is -2.46. The molecule has 0 aromatic rings. The van der Waals surface area contributed by atoms with Crippen LogP contribution in [0.15, 0.2) is 0 Å². The number of hydrogen-bond acceptors (Lipinski definition) is 2. The fraction of sp³-hybridized carbons (Fsp3) is 0.933. The van der Waals surface area contributed by atoms with Crippen molar-refractivity contribution in [3.63, 3.8) is 0 Å². The number of piperidine rings is 1. The van der Waals surface area contributed by atoms with Gasteiger partial charge in [0.2, 0.25) is 5.91 Å². The zero-order chi connectivity index (χ0) is 15.8. The highest BCUT2D eigenvalue weighted by Crippen LogP contribution is 2.49. The molecule has 1 unspecified atom stereocenters. The molecule has 1 heterocycles. The van der Waals surface area contributed by atoms with Crippen molar-refractivity contribution < 1.29 is 23.1 Å². The smallest absolute Gasteiger partial charge is 0.380 e. The Morgan fingerprint density at radius 1 is 1.33 bits per heavy atom. The van der Waals surface area contributed by atoms with Crippen LogP contribution in [0, 0.1) is 17.8 Å². The second-order valence-corrected chi connectivity index (χ2v) is 6.68. The molecule has 1 atom stereocenters. The Hall–Kier alpha value is -0.780. The molecular formula is C15H24F3NO2. The highest BCUT2D eigenvalue weighted by molar-refractivity contribution is 5.80. The van der Waals surface area contributed by atoms with Gasteiger partial charge in [0.25, 0.3) is 0 Å². The summed E-state index contributed by atoms with van der Waals surface area (Å²) in [6.45, 7) is 5.62. The first kappa shape index (κ1) is 16.6. The molecule has 0 spiro atoms. The van der Waals surface area contributed by atoms with E-state index < -0.39 is 30.5 Å². The average Bonchev–Trinajstić information content (AvgIpc) is 2.41. The molecule has 1 aliphatic heterocycles.